The molecule has 28 heavy (non-hydrogen) atoms. The van der Waals surface area contributed by atoms with Crippen LogP contribution < -0.4 is 10.1 Å². The lowest BCUT2D eigenvalue weighted by Gasteiger charge is -2.33. The number of aldehydes is 1. The third-order valence-corrected chi connectivity index (χ3v) is 4.57. The third-order valence-electron chi connectivity index (χ3n) is 4.57. The van der Waals surface area contributed by atoms with Crippen LogP contribution in [0.2, 0.25) is 0 Å². The van der Waals surface area contributed by atoms with Gasteiger partial charge in [0.15, 0.2) is 0 Å². The van der Waals surface area contributed by atoms with Crippen molar-refractivity contribution in [2.24, 2.45) is 0 Å². The van der Waals surface area contributed by atoms with Crippen LogP contribution in [-0.2, 0) is 4.74 Å². The number of carbonyl (C=O) groups is 1. The molecule has 0 spiro atoms. The molecule has 1 aliphatic rings. The summed E-state index contributed by atoms with van der Waals surface area (Å²) in [6.07, 6.45) is 1.20. The van der Waals surface area contributed by atoms with E-state index in [4.69, 9.17) is 10.1 Å². The number of halogens is 2. The van der Waals surface area contributed by atoms with Gasteiger partial charge in [-0.1, -0.05) is 6.07 Å². The number of hydrogen-bond donors (Lipinski definition) is 3. The van der Waals surface area contributed by atoms with Crippen LogP contribution in [-0.4, -0.2) is 42.5 Å². The standard InChI is InChI=1S/C20H20F2N2O4/c21-19(22)28-15-3-1-2-14(11-15)24-17-5-4-13(12-25)10-16(17)18(23)20(26)6-8-27-9-7-20/h1-5,10-12,19,23-24,26H,6-9H2. The van der Waals surface area contributed by atoms with Gasteiger partial charge in [-0.25, -0.2) is 0 Å². The van der Waals surface area contributed by atoms with Crippen LogP contribution in [0.3, 0.4) is 0 Å². The molecule has 1 fully saturated rings. The Bertz CT molecular complexity index is 867. The number of carbonyl (C=O) groups excluding carboxylic acids is 1. The Morgan fingerprint density at radius 1 is 1.25 bits per heavy atom. The Labute approximate surface area is 160 Å². The number of nitrogens with one attached hydrogen (secondary N) is 2. The fourth-order valence-electron chi connectivity index (χ4n) is 3.07. The van der Waals surface area contributed by atoms with Crippen LogP contribution in [0.1, 0.15) is 28.8 Å². The first kappa shape index (κ1) is 19.9. The zero-order valence-electron chi connectivity index (χ0n) is 15.0. The van der Waals surface area contributed by atoms with Crippen LogP contribution in [0, 0.1) is 5.41 Å². The maximum absolute atomic E-state index is 12.4. The molecule has 1 heterocycles. The van der Waals surface area contributed by atoms with E-state index in [0.29, 0.717) is 42.0 Å². The second kappa shape index (κ2) is 8.45. The molecule has 0 amide bonds. The molecule has 1 aliphatic heterocycles. The summed E-state index contributed by atoms with van der Waals surface area (Å²) in [7, 11) is 0. The van der Waals surface area contributed by atoms with Crippen LogP contribution in [0.15, 0.2) is 42.5 Å². The van der Waals surface area contributed by atoms with Crippen LogP contribution >= 0.6 is 0 Å². The maximum atomic E-state index is 12.4. The minimum atomic E-state index is -2.94. The minimum absolute atomic E-state index is 0.0100. The number of hydrogen-bond acceptors (Lipinski definition) is 6. The molecule has 0 bridgehead atoms. The molecule has 148 valence electrons. The van der Waals surface area contributed by atoms with Crippen molar-refractivity contribution < 1.29 is 28.2 Å². The van der Waals surface area contributed by atoms with Crippen molar-refractivity contribution in [2.45, 2.75) is 25.1 Å². The lowest BCUT2D eigenvalue weighted by molar-refractivity contribution is -0.0498. The number of benzene rings is 2. The van der Waals surface area contributed by atoms with Gasteiger partial charge in [0, 0.05) is 54.6 Å². The van der Waals surface area contributed by atoms with Gasteiger partial charge in [0.05, 0.1) is 5.71 Å². The predicted molar refractivity (Wildman–Crippen MR) is 100 cm³/mol. The molecule has 2 aromatic carbocycles. The molecular formula is C20H20F2N2O4. The fraction of sp³-hybridized carbons (Fsp3) is 0.300. The van der Waals surface area contributed by atoms with E-state index in [-0.39, 0.29) is 24.3 Å². The van der Waals surface area contributed by atoms with Crippen LogP contribution in [0.4, 0.5) is 20.2 Å². The molecule has 6 nitrogen and oxygen atoms in total. The summed E-state index contributed by atoms with van der Waals surface area (Å²) in [4.78, 5) is 11.2. The van der Waals surface area contributed by atoms with Crippen molar-refractivity contribution >= 4 is 23.4 Å². The zero-order chi connectivity index (χ0) is 20.1. The van der Waals surface area contributed by atoms with Gasteiger partial charge in [0.2, 0.25) is 0 Å². The Morgan fingerprint density at radius 3 is 2.68 bits per heavy atom. The topological polar surface area (TPSA) is 91.6 Å². The largest absolute Gasteiger partial charge is 0.435 e. The molecule has 0 aliphatic carbocycles. The van der Waals surface area contributed by atoms with E-state index in [0.717, 1.165) is 0 Å². The zero-order valence-corrected chi connectivity index (χ0v) is 15.0. The van der Waals surface area contributed by atoms with Gasteiger partial charge in [-0.15, -0.1) is 0 Å². The molecule has 0 atom stereocenters. The average molecular weight is 390 g/mol. The third kappa shape index (κ3) is 4.52. The highest BCUT2D eigenvalue weighted by atomic mass is 19.3. The highest BCUT2D eigenvalue weighted by Crippen LogP contribution is 2.31. The SMILES string of the molecule is N=C(c1cc(C=O)ccc1Nc1cccc(OC(F)F)c1)C1(O)CCOCC1. The minimum Gasteiger partial charge on any atom is -0.435 e. The van der Waals surface area contributed by atoms with E-state index in [1.807, 2.05) is 0 Å². The molecule has 2 aromatic rings. The number of alkyl halides is 2. The summed E-state index contributed by atoms with van der Waals surface area (Å²) in [5.41, 5.74) is 0.248. The first-order valence-electron chi connectivity index (χ1n) is 8.72. The van der Waals surface area contributed by atoms with Crippen molar-refractivity contribution in [3.8, 4) is 5.75 Å². The monoisotopic (exact) mass is 390 g/mol. The summed E-state index contributed by atoms with van der Waals surface area (Å²) in [5.74, 6) is -0.0100. The van der Waals surface area contributed by atoms with E-state index < -0.39 is 12.2 Å². The van der Waals surface area contributed by atoms with Crippen LogP contribution in [0.5, 0.6) is 5.75 Å². The smallest absolute Gasteiger partial charge is 0.387 e. The van der Waals surface area contributed by atoms with Gasteiger partial charge in [-0.2, -0.15) is 8.78 Å². The average Bonchev–Trinajstić information content (AvgIpc) is 2.68. The molecule has 0 radical (unpaired) electrons. The maximum Gasteiger partial charge on any atom is 0.387 e. The molecular weight excluding hydrogens is 370 g/mol. The van der Waals surface area contributed by atoms with Gasteiger partial charge in [-0.3, -0.25) is 4.79 Å². The highest BCUT2D eigenvalue weighted by molar-refractivity contribution is 6.09. The summed E-state index contributed by atoms with van der Waals surface area (Å²) in [6, 6.07) is 10.7. The first-order valence-corrected chi connectivity index (χ1v) is 8.72. The van der Waals surface area contributed by atoms with Crippen LogP contribution in [0.25, 0.3) is 0 Å². The summed E-state index contributed by atoms with van der Waals surface area (Å²) >= 11 is 0. The Morgan fingerprint density at radius 2 is 2.00 bits per heavy atom. The van der Waals surface area contributed by atoms with Crippen molar-refractivity contribution in [1.29, 1.82) is 5.41 Å². The van der Waals surface area contributed by atoms with Gasteiger partial charge in [-0.05, 0) is 30.3 Å². The van der Waals surface area contributed by atoms with Crippen molar-refractivity contribution in [3.05, 3.63) is 53.6 Å². The van der Waals surface area contributed by atoms with E-state index in [2.05, 4.69) is 10.1 Å². The van der Waals surface area contributed by atoms with Gasteiger partial charge in [0.1, 0.15) is 17.6 Å². The second-order valence-corrected chi connectivity index (χ2v) is 6.47. The summed E-state index contributed by atoms with van der Waals surface area (Å²) in [5, 5.41) is 22.5. The predicted octanol–water partition coefficient (Wildman–Crippen LogP) is 3.75. The molecule has 0 unspecified atom stereocenters. The van der Waals surface area contributed by atoms with E-state index in [1.54, 1.807) is 24.3 Å². The van der Waals surface area contributed by atoms with Gasteiger partial charge in [0.25, 0.3) is 0 Å². The first-order chi connectivity index (χ1) is 13.4. The Hall–Kier alpha value is -2.84. The highest BCUT2D eigenvalue weighted by Gasteiger charge is 2.36. The normalized spacial score (nSPS) is 15.9. The van der Waals surface area contributed by atoms with Gasteiger partial charge < -0.3 is 25.3 Å². The number of rotatable bonds is 7. The molecule has 0 saturated carbocycles. The van der Waals surface area contributed by atoms with E-state index in [1.165, 1.54) is 18.2 Å². The molecule has 3 N–H and O–H groups in total. The van der Waals surface area contributed by atoms with Gasteiger partial charge >= 0.3 is 6.61 Å². The molecule has 1 saturated heterocycles. The Kier molecular flexibility index (Phi) is 6.01. The fourth-order valence-corrected chi connectivity index (χ4v) is 3.07. The quantitative estimate of drug-likeness (QED) is 0.495. The molecule has 3 rings (SSSR count). The summed E-state index contributed by atoms with van der Waals surface area (Å²) < 4.78 is 34.5. The summed E-state index contributed by atoms with van der Waals surface area (Å²) in [6.45, 7) is -2.27. The number of ether oxygens (including phenoxy) is 2. The number of anilines is 2. The van der Waals surface area contributed by atoms with E-state index >= 15 is 0 Å². The lowest BCUT2D eigenvalue weighted by Crippen LogP contribution is -2.44. The Balaban J connectivity index is 1.93. The van der Waals surface area contributed by atoms with Crippen molar-refractivity contribution in [3.63, 3.8) is 0 Å². The second-order valence-electron chi connectivity index (χ2n) is 6.47. The van der Waals surface area contributed by atoms with Crippen molar-refractivity contribution in [1.82, 2.24) is 0 Å². The lowest BCUT2D eigenvalue weighted by atomic mass is 9.84. The molecule has 8 heteroatoms. The number of aliphatic hydroxyl groups is 1. The van der Waals surface area contributed by atoms with E-state index in [9.17, 15) is 18.7 Å². The van der Waals surface area contributed by atoms with Crippen molar-refractivity contribution in [2.75, 3.05) is 18.5 Å². The molecule has 0 aromatic heterocycles.